The Morgan fingerprint density at radius 2 is 1.31 bits per heavy atom. The van der Waals surface area contributed by atoms with Gasteiger partial charge in [0.15, 0.2) is 0 Å². The van der Waals surface area contributed by atoms with E-state index in [1.807, 2.05) is 6.92 Å². The van der Waals surface area contributed by atoms with Crippen LogP contribution >= 0.6 is 0 Å². The van der Waals surface area contributed by atoms with Crippen LogP contribution in [0.3, 0.4) is 0 Å². The average molecular weight is 488 g/mol. The van der Waals surface area contributed by atoms with Gasteiger partial charge in [-0.1, -0.05) is 13.3 Å². The van der Waals surface area contributed by atoms with E-state index in [-0.39, 0.29) is 47.5 Å². The van der Waals surface area contributed by atoms with Crippen LogP contribution in [-0.2, 0) is 22.6 Å². The molecule has 0 spiro atoms. The van der Waals surface area contributed by atoms with Gasteiger partial charge in [-0.05, 0) is 52.2 Å². The zero-order valence-corrected chi connectivity index (χ0v) is 20.2. The minimum Gasteiger partial charge on any atom is -0.480 e. The number of carboxylic acid groups (broad SMARTS) is 1. The molecule has 0 unspecified atom stereocenters. The molecule has 11 nitrogen and oxygen atoms in total. The Kier molecular flexibility index (Phi) is 7.27. The summed E-state index contributed by atoms with van der Waals surface area (Å²) in [6, 6.07) is 1.32. The fourth-order valence-corrected chi connectivity index (χ4v) is 3.96. The van der Waals surface area contributed by atoms with E-state index < -0.39 is 45.9 Å². The van der Waals surface area contributed by atoms with Gasteiger partial charge in [-0.15, -0.1) is 0 Å². The van der Waals surface area contributed by atoms with Crippen molar-refractivity contribution in [1.29, 1.82) is 0 Å². The first-order chi connectivity index (χ1) is 16.4. The monoisotopic (exact) mass is 487 g/mol. The summed E-state index contributed by atoms with van der Waals surface area (Å²) in [6.07, 6.45) is 0.605. The van der Waals surface area contributed by atoms with Crippen molar-refractivity contribution in [1.82, 2.24) is 14.5 Å². The van der Waals surface area contributed by atoms with Crippen molar-refractivity contribution in [3.63, 3.8) is 0 Å². The molecule has 3 aromatic rings. The standard InChI is InChI=1S/C24H29N3O8/c1-5-6-9-26-18(28)13-11-15-16(12-14(13)19(26)29)21(31)27(20(15)30)10-7-8-17(22(32)33)25-23(34)35-24(2,3)4/h11-12,17H,5-10H2,1-4H3,(H,25,34)(H,32,33)/t17-/m0/s1. The number of alkyl carbamates (subject to hydrolysis) is 1. The number of hydrogen-bond donors (Lipinski definition) is 2. The molecule has 1 amide bonds. The van der Waals surface area contributed by atoms with Crippen molar-refractivity contribution in [2.75, 3.05) is 0 Å². The van der Waals surface area contributed by atoms with Crippen LogP contribution in [0.25, 0.3) is 21.5 Å². The average Bonchev–Trinajstić information content (AvgIpc) is 3.13. The first-order valence-electron chi connectivity index (χ1n) is 11.5. The van der Waals surface area contributed by atoms with E-state index in [1.54, 1.807) is 20.8 Å². The zero-order chi connectivity index (χ0) is 26.1. The Hall–Kier alpha value is -3.76. The lowest BCUT2D eigenvalue weighted by molar-refractivity contribution is -0.139. The van der Waals surface area contributed by atoms with Crippen molar-refractivity contribution < 1.29 is 19.4 Å². The number of benzene rings is 1. The van der Waals surface area contributed by atoms with Crippen molar-refractivity contribution in [3.8, 4) is 0 Å². The maximum Gasteiger partial charge on any atom is 0.408 e. The summed E-state index contributed by atoms with van der Waals surface area (Å²) in [5, 5.41) is 11.9. The van der Waals surface area contributed by atoms with E-state index in [2.05, 4.69) is 5.32 Å². The third kappa shape index (κ3) is 5.33. The van der Waals surface area contributed by atoms with Gasteiger partial charge in [-0.25, -0.2) is 9.59 Å². The van der Waals surface area contributed by atoms with Gasteiger partial charge in [0.1, 0.15) is 11.6 Å². The number of hydrogen-bond acceptors (Lipinski definition) is 7. The maximum atomic E-state index is 12.9. The largest absolute Gasteiger partial charge is 0.480 e. The highest BCUT2D eigenvalue weighted by Crippen LogP contribution is 2.15. The lowest BCUT2D eigenvalue weighted by Crippen LogP contribution is -2.43. The topological polar surface area (TPSA) is 154 Å². The van der Waals surface area contributed by atoms with E-state index in [1.165, 1.54) is 12.1 Å². The highest BCUT2D eigenvalue weighted by Gasteiger charge is 2.24. The molecule has 0 aliphatic carbocycles. The molecule has 0 aliphatic heterocycles. The van der Waals surface area contributed by atoms with Gasteiger partial charge in [-0.3, -0.25) is 28.3 Å². The normalized spacial score (nSPS) is 12.8. The third-order valence-corrected chi connectivity index (χ3v) is 5.66. The fourth-order valence-electron chi connectivity index (χ4n) is 3.96. The number of ether oxygens (including phenoxy) is 1. The number of aliphatic carboxylic acids is 1. The molecule has 2 aromatic heterocycles. The Morgan fingerprint density at radius 3 is 1.69 bits per heavy atom. The molecule has 0 radical (unpaired) electrons. The Morgan fingerprint density at radius 1 is 0.886 bits per heavy atom. The second kappa shape index (κ2) is 9.85. The van der Waals surface area contributed by atoms with Crippen LogP contribution in [0.1, 0.15) is 53.4 Å². The number of nitrogens with zero attached hydrogens (tertiary/aromatic N) is 2. The summed E-state index contributed by atoms with van der Waals surface area (Å²) in [5.74, 6) is -1.28. The number of amides is 1. The van der Waals surface area contributed by atoms with Gasteiger partial charge in [0.25, 0.3) is 22.2 Å². The number of aromatic nitrogens is 2. The van der Waals surface area contributed by atoms with Crippen molar-refractivity contribution >= 4 is 33.6 Å². The van der Waals surface area contributed by atoms with Crippen molar-refractivity contribution in [2.24, 2.45) is 0 Å². The molecule has 2 heterocycles. The summed E-state index contributed by atoms with van der Waals surface area (Å²) in [5.41, 5.74) is -3.02. The molecule has 2 N–H and O–H groups in total. The van der Waals surface area contributed by atoms with Gasteiger partial charge in [0, 0.05) is 13.1 Å². The van der Waals surface area contributed by atoms with Crippen LogP contribution in [0.2, 0.25) is 0 Å². The number of carbonyl (C=O) groups is 2. The van der Waals surface area contributed by atoms with Crippen LogP contribution in [0.4, 0.5) is 4.79 Å². The van der Waals surface area contributed by atoms with E-state index in [0.717, 1.165) is 15.6 Å². The Labute approximate surface area is 199 Å². The third-order valence-electron chi connectivity index (χ3n) is 5.66. The number of rotatable bonds is 9. The summed E-state index contributed by atoms with van der Waals surface area (Å²) in [7, 11) is 0. The second-order valence-electron chi connectivity index (χ2n) is 9.50. The van der Waals surface area contributed by atoms with E-state index in [0.29, 0.717) is 6.42 Å². The molecule has 0 bridgehead atoms. The van der Waals surface area contributed by atoms with Crippen molar-refractivity contribution in [2.45, 2.75) is 78.1 Å². The predicted octanol–water partition coefficient (Wildman–Crippen LogP) is 1.47. The summed E-state index contributed by atoms with van der Waals surface area (Å²) in [6.45, 7) is 7.04. The Bertz CT molecular complexity index is 1400. The zero-order valence-electron chi connectivity index (χ0n) is 20.2. The molecule has 0 saturated carbocycles. The highest BCUT2D eigenvalue weighted by atomic mass is 16.6. The van der Waals surface area contributed by atoms with Crippen molar-refractivity contribution in [3.05, 3.63) is 53.5 Å². The van der Waals surface area contributed by atoms with Gasteiger partial charge < -0.3 is 15.2 Å². The number of unbranched alkanes of at least 4 members (excludes halogenated alkanes) is 1. The summed E-state index contributed by atoms with van der Waals surface area (Å²) in [4.78, 5) is 74.5. The molecule has 188 valence electrons. The molecule has 0 aliphatic rings. The second-order valence-corrected chi connectivity index (χ2v) is 9.50. The van der Waals surface area contributed by atoms with Crippen LogP contribution < -0.4 is 27.6 Å². The lowest BCUT2D eigenvalue weighted by Gasteiger charge is -2.22. The highest BCUT2D eigenvalue weighted by molar-refractivity contribution is 5.97. The molecule has 1 aromatic carbocycles. The van der Waals surface area contributed by atoms with Gasteiger partial charge in [0.2, 0.25) is 0 Å². The SMILES string of the molecule is CCCCn1c(=O)c2cc3c(=O)n(CCC[C@H](NC(=O)OC(C)(C)C)C(=O)O)c(=O)c3cc2c1=O. The minimum atomic E-state index is -1.28. The van der Waals surface area contributed by atoms with E-state index in [9.17, 15) is 33.9 Å². The molecule has 11 heteroatoms. The quantitative estimate of drug-likeness (QED) is 0.460. The molecule has 35 heavy (non-hydrogen) atoms. The Balaban J connectivity index is 1.85. The first-order valence-corrected chi connectivity index (χ1v) is 11.5. The van der Waals surface area contributed by atoms with Crippen LogP contribution in [0.5, 0.6) is 0 Å². The van der Waals surface area contributed by atoms with Crippen LogP contribution in [0, 0.1) is 0 Å². The minimum absolute atomic E-state index is 0.0360. The number of carboxylic acids is 1. The molecule has 3 rings (SSSR count). The summed E-state index contributed by atoms with van der Waals surface area (Å²) < 4.78 is 7.15. The van der Waals surface area contributed by atoms with Gasteiger partial charge >= 0.3 is 12.1 Å². The van der Waals surface area contributed by atoms with Gasteiger partial charge in [-0.2, -0.15) is 0 Å². The molecule has 1 atom stereocenters. The van der Waals surface area contributed by atoms with Crippen LogP contribution in [0.15, 0.2) is 31.3 Å². The predicted molar refractivity (Wildman–Crippen MR) is 130 cm³/mol. The number of fused-ring (bicyclic) bond motifs is 2. The first kappa shape index (κ1) is 25.9. The van der Waals surface area contributed by atoms with Crippen LogP contribution in [-0.4, -0.2) is 37.9 Å². The lowest BCUT2D eigenvalue weighted by atomic mass is 10.1. The maximum absolute atomic E-state index is 12.9. The molecule has 0 fully saturated rings. The van der Waals surface area contributed by atoms with Gasteiger partial charge in [0.05, 0.1) is 21.5 Å². The fraction of sp³-hybridized carbons (Fsp3) is 0.500. The molecule has 0 saturated heterocycles. The smallest absolute Gasteiger partial charge is 0.408 e. The number of carbonyl (C=O) groups excluding carboxylic acids is 1. The number of nitrogens with one attached hydrogen (secondary N) is 1. The van der Waals surface area contributed by atoms with E-state index in [4.69, 9.17) is 4.74 Å². The molecular formula is C24H29N3O8. The van der Waals surface area contributed by atoms with E-state index >= 15 is 0 Å². The summed E-state index contributed by atoms with van der Waals surface area (Å²) >= 11 is 0. The molecular weight excluding hydrogens is 458 g/mol.